The van der Waals surface area contributed by atoms with E-state index in [0.29, 0.717) is 12.1 Å². The summed E-state index contributed by atoms with van der Waals surface area (Å²) >= 11 is 0. The number of alkyl halides is 3. The summed E-state index contributed by atoms with van der Waals surface area (Å²) in [4.78, 5) is 10.8. The summed E-state index contributed by atoms with van der Waals surface area (Å²) in [5, 5.41) is 8.62. The van der Waals surface area contributed by atoms with E-state index >= 15 is 0 Å². The van der Waals surface area contributed by atoms with E-state index in [1.807, 2.05) is 0 Å². The highest BCUT2D eigenvalue weighted by Crippen LogP contribution is 2.30. The van der Waals surface area contributed by atoms with Gasteiger partial charge in [-0.25, -0.2) is 9.18 Å². The average molecular weight is 280 g/mol. The molecule has 0 aliphatic rings. The fraction of sp³-hybridized carbons (Fsp3) is 0.364. The molecule has 2 nitrogen and oxygen atoms in total. The predicted octanol–water partition coefficient (Wildman–Crippen LogP) is 3.09. The van der Waals surface area contributed by atoms with Gasteiger partial charge in [0.25, 0.3) is 0 Å². The Hall–Kier alpha value is -1.37. The topological polar surface area (TPSA) is 37.3 Å². The Labute approximate surface area is 102 Å². The minimum Gasteiger partial charge on any atom is -0.478 e. The SMILES string of the molecule is C[Si](C)(C)c1cc(C(F)(F)F)cc(C(=O)O)c1F. The molecule has 7 heteroatoms. The number of halogens is 4. The van der Waals surface area contributed by atoms with Crippen LogP contribution in [0.1, 0.15) is 15.9 Å². The maximum absolute atomic E-state index is 13.9. The van der Waals surface area contributed by atoms with Crippen LogP contribution in [0.4, 0.5) is 17.6 Å². The van der Waals surface area contributed by atoms with Crippen molar-refractivity contribution >= 4 is 19.2 Å². The van der Waals surface area contributed by atoms with E-state index < -0.39 is 37.2 Å². The molecule has 0 radical (unpaired) electrons. The van der Waals surface area contributed by atoms with Gasteiger partial charge >= 0.3 is 12.1 Å². The largest absolute Gasteiger partial charge is 0.478 e. The first-order chi connectivity index (χ1) is 7.94. The molecule has 18 heavy (non-hydrogen) atoms. The Balaban J connectivity index is 3.63. The zero-order valence-corrected chi connectivity index (χ0v) is 11.0. The van der Waals surface area contributed by atoms with Crippen molar-refractivity contribution in [3.05, 3.63) is 29.1 Å². The van der Waals surface area contributed by atoms with E-state index in [1.54, 1.807) is 19.6 Å². The van der Waals surface area contributed by atoms with Crippen LogP contribution >= 0.6 is 0 Å². The molecular formula is C11H12F4O2Si. The van der Waals surface area contributed by atoms with Crippen molar-refractivity contribution in [3.63, 3.8) is 0 Å². The molecule has 0 atom stereocenters. The summed E-state index contributed by atoms with van der Waals surface area (Å²) in [6, 6.07) is 1.05. The van der Waals surface area contributed by atoms with Crippen LogP contribution in [-0.4, -0.2) is 19.1 Å². The first kappa shape index (κ1) is 14.7. The molecule has 0 aromatic heterocycles. The highest BCUT2D eigenvalue weighted by atomic mass is 28.3. The van der Waals surface area contributed by atoms with Gasteiger partial charge in [0.15, 0.2) is 0 Å². The van der Waals surface area contributed by atoms with E-state index in [0.717, 1.165) is 0 Å². The second kappa shape index (κ2) is 4.38. The fourth-order valence-electron chi connectivity index (χ4n) is 1.49. The Morgan fingerprint density at radius 1 is 1.22 bits per heavy atom. The van der Waals surface area contributed by atoms with Crippen LogP contribution in [0.5, 0.6) is 0 Å². The molecule has 1 N–H and O–H groups in total. The van der Waals surface area contributed by atoms with Gasteiger partial charge in [0.2, 0.25) is 0 Å². The average Bonchev–Trinajstić information content (AvgIpc) is 2.13. The molecule has 0 unspecified atom stereocenters. The lowest BCUT2D eigenvalue weighted by Crippen LogP contribution is -2.41. The van der Waals surface area contributed by atoms with Crippen molar-refractivity contribution in [1.82, 2.24) is 0 Å². The number of carboxylic acid groups (broad SMARTS) is 1. The Morgan fingerprint density at radius 2 is 1.72 bits per heavy atom. The van der Waals surface area contributed by atoms with Crippen LogP contribution in [-0.2, 0) is 6.18 Å². The molecule has 0 saturated carbocycles. The van der Waals surface area contributed by atoms with Crippen LogP contribution in [0.15, 0.2) is 12.1 Å². The molecule has 0 fully saturated rings. The minimum atomic E-state index is -4.69. The van der Waals surface area contributed by atoms with Crippen LogP contribution in [0.3, 0.4) is 0 Å². The lowest BCUT2D eigenvalue weighted by atomic mass is 10.1. The number of aromatic carboxylic acids is 1. The summed E-state index contributed by atoms with van der Waals surface area (Å²) in [7, 11) is -2.40. The van der Waals surface area contributed by atoms with Gasteiger partial charge in [0, 0.05) is 0 Å². The zero-order valence-electron chi connectivity index (χ0n) is 10.0. The maximum atomic E-state index is 13.9. The van der Waals surface area contributed by atoms with Gasteiger partial charge in [-0.2, -0.15) is 13.2 Å². The predicted molar refractivity (Wildman–Crippen MR) is 61.3 cm³/mol. The highest BCUT2D eigenvalue weighted by Gasteiger charge is 2.35. The van der Waals surface area contributed by atoms with Gasteiger partial charge in [0.05, 0.1) is 19.2 Å². The molecule has 0 heterocycles. The zero-order chi connectivity index (χ0) is 14.3. The number of hydrogen-bond donors (Lipinski definition) is 1. The van der Waals surface area contributed by atoms with Crippen molar-refractivity contribution in [2.24, 2.45) is 0 Å². The van der Waals surface area contributed by atoms with Gasteiger partial charge in [-0.1, -0.05) is 19.6 Å². The highest BCUT2D eigenvalue weighted by molar-refractivity contribution is 6.88. The van der Waals surface area contributed by atoms with E-state index in [9.17, 15) is 22.4 Å². The standard InChI is InChI=1S/C11H12F4O2Si/c1-18(2,3)8-5-6(11(13,14)15)4-7(9(8)12)10(16)17/h4-5H,1-3H3,(H,16,17). The van der Waals surface area contributed by atoms with Gasteiger partial charge < -0.3 is 5.11 Å². The van der Waals surface area contributed by atoms with Crippen LogP contribution in [0.25, 0.3) is 0 Å². The summed E-state index contributed by atoms with van der Waals surface area (Å²) in [6.45, 7) is 4.95. The molecule has 1 rings (SSSR count). The Bertz CT molecular complexity index is 489. The van der Waals surface area contributed by atoms with Crippen molar-refractivity contribution in [3.8, 4) is 0 Å². The molecule has 0 amide bonds. The maximum Gasteiger partial charge on any atom is 0.416 e. The first-order valence-electron chi connectivity index (χ1n) is 5.09. The van der Waals surface area contributed by atoms with Gasteiger partial charge in [-0.05, 0) is 17.3 Å². The quantitative estimate of drug-likeness (QED) is 0.667. The second-order valence-corrected chi connectivity index (χ2v) is 9.98. The monoisotopic (exact) mass is 280 g/mol. The summed E-state index contributed by atoms with van der Waals surface area (Å²) in [5.74, 6) is -2.76. The first-order valence-corrected chi connectivity index (χ1v) is 8.59. The van der Waals surface area contributed by atoms with Crippen LogP contribution in [0.2, 0.25) is 19.6 Å². The van der Waals surface area contributed by atoms with Crippen molar-refractivity contribution in [2.45, 2.75) is 25.8 Å². The van der Waals surface area contributed by atoms with Crippen molar-refractivity contribution < 1.29 is 27.5 Å². The minimum absolute atomic E-state index is 0.130. The lowest BCUT2D eigenvalue weighted by molar-refractivity contribution is -0.137. The molecule has 100 valence electrons. The summed E-state index contributed by atoms with van der Waals surface area (Å²) in [6.07, 6.45) is -4.69. The third kappa shape index (κ3) is 2.90. The molecule has 1 aromatic rings. The third-order valence-corrected chi connectivity index (χ3v) is 4.42. The summed E-state index contributed by atoms with van der Waals surface area (Å²) < 4.78 is 51.8. The normalized spacial score (nSPS) is 12.6. The number of carbonyl (C=O) groups is 1. The summed E-state index contributed by atoms with van der Waals surface area (Å²) in [5.41, 5.74) is -2.05. The molecule has 0 saturated heterocycles. The molecule has 0 aliphatic carbocycles. The van der Waals surface area contributed by atoms with Gasteiger partial charge in [-0.15, -0.1) is 0 Å². The number of rotatable bonds is 2. The molecule has 0 spiro atoms. The number of benzene rings is 1. The Morgan fingerprint density at radius 3 is 2.06 bits per heavy atom. The van der Waals surface area contributed by atoms with Gasteiger partial charge in [-0.3, -0.25) is 0 Å². The lowest BCUT2D eigenvalue weighted by Gasteiger charge is -2.20. The number of carboxylic acids is 1. The third-order valence-electron chi connectivity index (χ3n) is 2.44. The van der Waals surface area contributed by atoms with Gasteiger partial charge in [0.1, 0.15) is 5.82 Å². The molecule has 0 aliphatic heterocycles. The van der Waals surface area contributed by atoms with Crippen LogP contribution < -0.4 is 5.19 Å². The van der Waals surface area contributed by atoms with E-state index in [4.69, 9.17) is 5.11 Å². The molecule has 0 bridgehead atoms. The fourth-order valence-corrected chi connectivity index (χ4v) is 2.87. The molecule has 1 aromatic carbocycles. The van der Waals surface area contributed by atoms with E-state index in [-0.39, 0.29) is 5.19 Å². The number of hydrogen-bond acceptors (Lipinski definition) is 1. The molecular weight excluding hydrogens is 268 g/mol. The van der Waals surface area contributed by atoms with E-state index in [1.165, 1.54) is 0 Å². The van der Waals surface area contributed by atoms with Crippen molar-refractivity contribution in [2.75, 3.05) is 0 Å². The smallest absolute Gasteiger partial charge is 0.416 e. The van der Waals surface area contributed by atoms with E-state index in [2.05, 4.69) is 0 Å². The van der Waals surface area contributed by atoms with Crippen LogP contribution in [0, 0.1) is 5.82 Å². The van der Waals surface area contributed by atoms with Crippen molar-refractivity contribution in [1.29, 1.82) is 0 Å². The second-order valence-electron chi connectivity index (χ2n) is 4.94. The Kier molecular flexibility index (Phi) is 3.57.